The lowest BCUT2D eigenvalue weighted by atomic mass is 10.1. The molecule has 2 aromatic heterocycles. The van der Waals surface area contributed by atoms with Crippen LogP contribution in [-0.4, -0.2) is 27.3 Å². The van der Waals surface area contributed by atoms with Crippen LogP contribution in [0.15, 0.2) is 34.2 Å². The van der Waals surface area contributed by atoms with Gasteiger partial charge in [0, 0.05) is 23.7 Å². The zero-order chi connectivity index (χ0) is 19.4. The van der Waals surface area contributed by atoms with E-state index in [1.54, 1.807) is 23.0 Å². The first-order valence-corrected chi connectivity index (χ1v) is 11.4. The minimum atomic E-state index is 0.0132. The first kappa shape index (κ1) is 17.9. The summed E-state index contributed by atoms with van der Waals surface area (Å²) in [7, 11) is 1.76. The standard InChI is InChI=1S/C21H21N3O2S2/c1-12-10-13-6-3-4-8-15(13)24(12)17(25)11-27-21-22-19-18(20(26)23(21)2)14-7-5-9-16(14)28-19/h3-4,6,8,12H,5,7,9-11H2,1-2H3/t12-/m0/s1. The van der Waals surface area contributed by atoms with E-state index in [2.05, 4.69) is 13.0 Å². The third-order valence-corrected chi connectivity index (χ3v) is 7.91. The van der Waals surface area contributed by atoms with Crippen LogP contribution in [0.1, 0.15) is 29.3 Å². The molecule has 3 heterocycles. The summed E-state index contributed by atoms with van der Waals surface area (Å²) >= 11 is 3.00. The van der Waals surface area contributed by atoms with Gasteiger partial charge in [0.05, 0.1) is 11.1 Å². The van der Waals surface area contributed by atoms with E-state index in [1.165, 1.54) is 27.8 Å². The van der Waals surface area contributed by atoms with Crippen molar-refractivity contribution in [1.82, 2.24) is 9.55 Å². The summed E-state index contributed by atoms with van der Waals surface area (Å²) in [5.74, 6) is 0.334. The molecule has 0 saturated heterocycles. The highest BCUT2D eigenvalue weighted by molar-refractivity contribution is 7.99. The number of carbonyl (C=O) groups excluding carboxylic acids is 1. The predicted molar refractivity (Wildman–Crippen MR) is 115 cm³/mol. The minimum Gasteiger partial charge on any atom is -0.308 e. The Morgan fingerprint density at radius 1 is 1.32 bits per heavy atom. The minimum absolute atomic E-state index is 0.0132. The molecule has 1 aromatic carbocycles. The molecule has 0 radical (unpaired) electrons. The Balaban J connectivity index is 1.41. The van der Waals surface area contributed by atoms with E-state index in [0.29, 0.717) is 5.16 Å². The van der Waals surface area contributed by atoms with Crippen LogP contribution in [0.2, 0.25) is 0 Å². The molecule has 2 aliphatic rings. The van der Waals surface area contributed by atoms with Crippen molar-refractivity contribution in [3.8, 4) is 0 Å². The van der Waals surface area contributed by atoms with Crippen molar-refractivity contribution in [3.05, 3.63) is 50.6 Å². The molecule has 0 unspecified atom stereocenters. The van der Waals surface area contributed by atoms with Crippen LogP contribution in [0.5, 0.6) is 0 Å². The summed E-state index contributed by atoms with van der Waals surface area (Å²) in [5.41, 5.74) is 3.43. The number of amides is 1. The lowest BCUT2D eigenvalue weighted by Gasteiger charge is -2.22. The first-order valence-electron chi connectivity index (χ1n) is 9.58. The molecule has 5 rings (SSSR count). The molecule has 0 spiro atoms. The molecule has 0 saturated carbocycles. The largest absolute Gasteiger partial charge is 0.308 e. The number of hydrogen-bond donors (Lipinski definition) is 0. The van der Waals surface area contributed by atoms with Gasteiger partial charge in [0.1, 0.15) is 4.83 Å². The molecule has 1 aliphatic heterocycles. The summed E-state index contributed by atoms with van der Waals surface area (Å²) in [4.78, 5) is 34.6. The van der Waals surface area contributed by atoms with Crippen molar-refractivity contribution in [2.45, 2.75) is 43.8 Å². The van der Waals surface area contributed by atoms with Gasteiger partial charge < -0.3 is 4.90 Å². The number of para-hydroxylation sites is 1. The Hall–Kier alpha value is -2.12. The first-order chi connectivity index (χ1) is 13.5. The average Bonchev–Trinajstić information content (AvgIpc) is 3.34. The van der Waals surface area contributed by atoms with Gasteiger partial charge in [-0.2, -0.15) is 0 Å². The number of fused-ring (bicyclic) bond motifs is 4. The van der Waals surface area contributed by atoms with Gasteiger partial charge in [-0.05, 0) is 49.8 Å². The number of benzene rings is 1. The van der Waals surface area contributed by atoms with Crippen LogP contribution in [-0.2, 0) is 31.1 Å². The maximum absolute atomic E-state index is 13.0. The van der Waals surface area contributed by atoms with Crippen molar-refractivity contribution >= 4 is 44.9 Å². The average molecular weight is 412 g/mol. The molecule has 28 heavy (non-hydrogen) atoms. The summed E-state index contributed by atoms with van der Waals surface area (Å²) < 4.78 is 1.60. The van der Waals surface area contributed by atoms with Gasteiger partial charge in [-0.3, -0.25) is 14.2 Å². The topological polar surface area (TPSA) is 55.2 Å². The number of rotatable bonds is 3. The zero-order valence-corrected chi connectivity index (χ0v) is 17.5. The summed E-state index contributed by atoms with van der Waals surface area (Å²) in [5, 5.41) is 1.41. The Labute approximate surface area is 171 Å². The van der Waals surface area contributed by atoms with E-state index in [0.717, 1.165) is 41.6 Å². The van der Waals surface area contributed by atoms with Crippen molar-refractivity contribution in [2.24, 2.45) is 7.05 Å². The number of carbonyl (C=O) groups is 1. The number of anilines is 1. The quantitative estimate of drug-likeness (QED) is 0.489. The molecule has 5 nitrogen and oxygen atoms in total. The highest BCUT2D eigenvalue weighted by atomic mass is 32.2. The summed E-state index contributed by atoms with van der Waals surface area (Å²) in [6, 6.07) is 8.24. The molecule has 3 aromatic rings. The van der Waals surface area contributed by atoms with Gasteiger partial charge in [-0.25, -0.2) is 4.98 Å². The van der Waals surface area contributed by atoms with Crippen LogP contribution in [0.25, 0.3) is 10.2 Å². The Kier molecular flexibility index (Phi) is 4.32. The normalized spacial score (nSPS) is 17.9. The van der Waals surface area contributed by atoms with Gasteiger partial charge >= 0.3 is 0 Å². The smallest absolute Gasteiger partial charge is 0.262 e. The van der Waals surface area contributed by atoms with E-state index in [1.807, 2.05) is 23.1 Å². The molecule has 144 valence electrons. The Morgan fingerprint density at radius 2 is 2.14 bits per heavy atom. The predicted octanol–water partition coefficient (Wildman–Crippen LogP) is 3.55. The second-order valence-electron chi connectivity index (χ2n) is 7.53. The lowest BCUT2D eigenvalue weighted by Crippen LogP contribution is -2.37. The van der Waals surface area contributed by atoms with Gasteiger partial charge in [0.25, 0.3) is 5.56 Å². The number of aryl methyl sites for hydroxylation is 2. The molecule has 0 bridgehead atoms. The monoisotopic (exact) mass is 411 g/mol. The van der Waals surface area contributed by atoms with Gasteiger partial charge in [-0.15, -0.1) is 11.3 Å². The van der Waals surface area contributed by atoms with Crippen LogP contribution in [0.4, 0.5) is 5.69 Å². The maximum atomic E-state index is 13.0. The number of thiophene rings is 1. The van der Waals surface area contributed by atoms with Crippen LogP contribution < -0.4 is 10.5 Å². The van der Waals surface area contributed by atoms with E-state index in [4.69, 9.17) is 4.98 Å². The third kappa shape index (κ3) is 2.71. The fourth-order valence-corrected chi connectivity index (χ4v) is 6.51. The Bertz CT molecular complexity index is 1160. The molecule has 0 N–H and O–H groups in total. The fourth-order valence-electron chi connectivity index (χ4n) is 4.38. The van der Waals surface area contributed by atoms with Crippen LogP contribution in [0, 0.1) is 0 Å². The molecular formula is C21H21N3O2S2. The lowest BCUT2D eigenvalue weighted by molar-refractivity contribution is -0.116. The second-order valence-corrected chi connectivity index (χ2v) is 9.56. The highest BCUT2D eigenvalue weighted by Gasteiger charge is 2.30. The van der Waals surface area contributed by atoms with Gasteiger partial charge in [0.2, 0.25) is 5.91 Å². The van der Waals surface area contributed by atoms with E-state index < -0.39 is 0 Å². The third-order valence-electron chi connectivity index (χ3n) is 5.71. The van der Waals surface area contributed by atoms with E-state index in [9.17, 15) is 9.59 Å². The van der Waals surface area contributed by atoms with Gasteiger partial charge in [-0.1, -0.05) is 30.0 Å². The van der Waals surface area contributed by atoms with Gasteiger partial charge in [0.15, 0.2) is 5.16 Å². The molecule has 7 heteroatoms. The van der Waals surface area contributed by atoms with Crippen molar-refractivity contribution in [3.63, 3.8) is 0 Å². The molecule has 1 amide bonds. The second kappa shape index (κ2) is 6.74. The summed E-state index contributed by atoms with van der Waals surface area (Å²) in [6.07, 6.45) is 4.03. The number of aromatic nitrogens is 2. The Morgan fingerprint density at radius 3 is 3.00 bits per heavy atom. The summed E-state index contributed by atoms with van der Waals surface area (Å²) in [6.45, 7) is 2.08. The molecule has 1 atom stereocenters. The van der Waals surface area contributed by atoms with Crippen molar-refractivity contribution < 1.29 is 4.79 Å². The number of hydrogen-bond acceptors (Lipinski definition) is 5. The fraction of sp³-hybridized carbons (Fsp3) is 0.381. The number of thioether (sulfide) groups is 1. The SMILES string of the molecule is C[C@H]1Cc2ccccc2N1C(=O)CSc1nc2sc3c(c2c(=O)n1C)CCC3. The van der Waals surface area contributed by atoms with Crippen LogP contribution in [0.3, 0.4) is 0 Å². The molecule has 1 aliphatic carbocycles. The van der Waals surface area contributed by atoms with E-state index >= 15 is 0 Å². The molecular weight excluding hydrogens is 390 g/mol. The zero-order valence-electron chi connectivity index (χ0n) is 15.9. The highest BCUT2D eigenvalue weighted by Crippen LogP contribution is 2.36. The molecule has 0 fully saturated rings. The van der Waals surface area contributed by atoms with Crippen molar-refractivity contribution in [1.29, 1.82) is 0 Å². The number of nitrogens with zero attached hydrogens (tertiary/aromatic N) is 3. The van der Waals surface area contributed by atoms with E-state index in [-0.39, 0.29) is 23.3 Å². The maximum Gasteiger partial charge on any atom is 0.262 e. The van der Waals surface area contributed by atoms with Crippen LogP contribution >= 0.6 is 23.1 Å². The van der Waals surface area contributed by atoms with Crippen molar-refractivity contribution in [2.75, 3.05) is 10.7 Å².